The van der Waals surface area contributed by atoms with Crippen LogP contribution >= 0.6 is 11.6 Å². The Hall–Kier alpha value is -1.29. The van der Waals surface area contributed by atoms with Crippen LogP contribution in [0.15, 0.2) is 12.3 Å². The van der Waals surface area contributed by atoms with Crippen LogP contribution in [0.2, 0.25) is 5.02 Å². The van der Waals surface area contributed by atoms with Crippen molar-refractivity contribution in [2.75, 3.05) is 5.73 Å². The number of halogens is 1. The van der Waals surface area contributed by atoms with Gasteiger partial charge in [-0.05, 0) is 12.8 Å². The van der Waals surface area contributed by atoms with E-state index >= 15 is 0 Å². The van der Waals surface area contributed by atoms with Crippen LogP contribution in [0.1, 0.15) is 24.5 Å². The molecule has 72 valence electrons. The van der Waals surface area contributed by atoms with Gasteiger partial charge in [-0.25, -0.2) is 4.98 Å². The van der Waals surface area contributed by atoms with Crippen LogP contribution in [0, 0.1) is 0 Å². The van der Waals surface area contributed by atoms with Crippen LogP contribution in [0.4, 0.5) is 5.82 Å². The lowest BCUT2D eigenvalue weighted by Crippen LogP contribution is -2.04. The second-order valence-corrected chi connectivity index (χ2v) is 3.95. The summed E-state index contributed by atoms with van der Waals surface area (Å²) in [4.78, 5) is 4.45. The van der Waals surface area contributed by atoms with E-state index in [1.807, 2.05) is 6.07 Å². The van der Waals surface area contributed by atoms with E-state index in [0.717, 1.165) is 24.2 Å². The summed E-state index contributed by atoms with van der Waals surface area (Å²) in [6.07, 6.45) is 4.00. The molecule has 0 aromatic carbocycles. The normalized spacial score (nSPS) is 16.4. The molecule has 2 aromatic rings. The van der Waals surface area contributed by atoms with Crippen molar-refractivity contribution in [2.24, 2.45) is 0 Å². The lowest BCUT2D eigenvalue weighted by atomic mass is 10.3. The highest BCUT2D eigenvalue weighted by molar-refractivity contribution is 6.33. The summed E-state index contributed by atoms with van der Waals surface area (Å²) >= 11 is 6.12. The molecule has 1 aliphatic rings. The zero-order valence-corrected chi connectivity index (χ0v) is 8.20. The number of fused-ring (bicyclic) bond motifs is 1. The van der Waals surface area contributed by atoms with E-state index in [2.05, 4.69) is 10.1 Å². The monoisotopic (exact) mass is 208 g/mol. The van der Waals surface area contributed by atoms with Gasteiger partial charge in [0.1, 0.15) is 10.8 Å². The maximum atomic E-state index is 6.12. The molecule has 4 nitrogen and oxygen atoms in total. The summed E-state index contributed by atoms with van der Waals surface area (Å²) in [5, 5.41) is 4.60. The molecule has 1 saturated carbocycles. The quantitative estimate of drug-likeness (QED) is 0.778. The average molecular weight is 209 g/mol. The first-order valence-electron chi connectivity index (χ1n) is 4.56. The smallest absolute Gasteiger partial charge is 0.157 e. The van der Waals surface area contributed by atoms with Gasteiger partial charge in [-0.1, -0.05) is 11.6 Å². The largest absolute Gasteiger partial charge is 0.382 e. The second kappa shape index (κ2) is 2.60. The Kier molecular flexibility index (Phi) is 1.50. The van der Waals surface area contributed by atoms with Gasteiger partial charge in [0, 0.05) is 12.0 Å². The minimum Gasteiger partial charge on any atom is -0.382 e. The summed E-state index contributed by atoms with van der Waals surface area (Å²) in [5.41, 5.74) is 7.56. The predicted octanol–water partition coefficient (Wildman–Crippen LogP) is 1.84. The van der Waals surface area contributed by atoms with Crippen molar-refractivity contribution >= 4 is 23.1 Å². The van der Waals surface area contributed by atoms with Crippen LogP contribution < -0.4 is 5.73 Å². The number of hydrogen-bond donors (Lipinski definition) is 1. The number of nitrogens with zero attached hydrogens (tertiary/aromatic N) is 3. The van der Waals surface area contributed by atoms with Gasteiger partial charge in [-0.15, -0.1) is 0 Å². The predicted molar refractivity (Wildman–Crippen MR) is 54.4 cm³/mol. The van der Waals surface area contributed by atoms with Crippen LogP contribution in [-0.4, -0.2) is 14.6 Å². The summed E-state index contributed by atoms with van der Waals surface area (Å²) in [5.74, 6) is 0.994. The summed E-state index contributed by atoms with van der Waals surface area (Å²) in [6, 6.07) is 1.83. The van der Waals surface area contributed by atoms with Crippen molar-refractivity contribution in [1.82, 2.24) is 14.6 Å². The lowest BCUT2D eigenvalue weighted by Gasteiger charge is -2.06. The van der Waals surface area contributed by atoms with E-state index in [4.69, 9.17) is 17.3 Å². The summed E-state index contributed by atoms with van der Waals surface area (Å²) < 4.78 is 1.56. The van der Waals surface area contributed by atoms with Gasteiger partial charge < -0.3 is 5.73 Å². The molecule has 0 aliphatic heterocycles. The van der Waals surface area contributed by atoms with E-state index in [1.165, 1.54) is 0 Å². The minimum atomic E-state index is 0.489. The first kappa shape index (κ1) is 8.05. The van der Waals surface area contributed by atoms with Gasteiger partial charge in [0.05, 0.1) is 11.9 Å². The topological polar surface area (TPSA) is 56.2 Å². The molecular weight excluding hydrogens is 200 g/mol. The molecule has 0 amide bonds. The number of nitrogen functional groups attached to an aromatic ring is 1. The minimum absolute atomic E-state index is 0.489. The van der Waals surface area contributed by atoms with Crippen molar-refractivity contribution in [3.8, 4) is 0 Å². The number of nitrogens with two attached hydrogens (primary N) is 1. The third-order valence-corrected chi connectivity index (χ3v) is 2.89. The average Bonchev–Trinajstić information content (AvgIpc) is 2.91. The van der Waals surface area contributed by atoms with Gasteiger partial charge in [0.25, 0.3) is 0 Å². The van der Waals surface area contributed by atoms with Crippen molar-refractivity contribution in [3.63, 3.8) is 0 Å². The summed E-state index contributed by atoms with van der Waals surface area (Å²) in [6.45, 7) is 0. The number of aromatic nitrogens is 3. The van der Waals surface area contributed by atoms with Gasteiger partial charge in [0.2, 0.25) is 0 Å². The molecule has 0 spiro atoms. The van der Waals surface area contributed by atoms with Crippen LogP contribution in [0.3, 0.4) is 0 Å². The maximum Gasteiger partial charge on any atom is 0.157 e. The van der Waals surface area contributed by atoms with Crippen molar-refractivity contribution < 1.29 is 0 Å². The lowest BCUT2D eigenvalue weighted by molar-refractivity contribution is 0.920. The fraction of sp³-hybridized carbons (Fsp3) is 0.333. The fourth-order valence-corrected chi connectivity index (χ4v) is 1.87. The van der Waals surface area contributed by atoms with E-state index in [1.54, 1.807) is 10.7 Å². The van der Waals surface area contributed by atoms with Gasteiger partial charge in [0.15, 0.2) is 5.65 Å². The molecule has 3 rings (SSSR count). The molecule has 2 N–H and O–H groups in total. The highest BCUT2D eigenvalue weighted by Crippen LogP contribution is 2.43. The van der Waals surface area contributed by atoms with E-state index in [0.29, 0.717) is 16.8 Å². The first-order valence-corrected chi connectivity index (χ1v) is 4.94. The van der Waals surface area contributed by atoms with Gasteiger partial charge >= 0.3 is 0 Å². The molecule has 0 bridgehead atoms. The Morgan fingerprint density at radius 3 is 3.00 bits per heavy atom. The molecule has 0 atom stereocenters. The standard InChI is InChI=1S/C9H9ClN4/c10-7-8(5-1-2-5)13-6-3-4-12-14(6)9(7)11/h3-5H,1-2,11H2. The highest BCUT2D eigenvalue weighted by Gasteiger charge is 2.29. The molecule has 2 heterocycles. The van der Waals surface area contributed by atoms with Crippen LogP contribution in [0.25, 0.3) is 5.65 Å². The Morgan fingerprint density at radius 2 is 2.29 bits per heavy atom. The third kappa shape index (κ3) is 1.00. The molecule has 0 unspecified atom stereocenters. The number of rotatable bonds is 1. The van der Waals surface area contributed by atoms with E-state index in [9.17, 15) is 0 Å². The van der Waals surface area contributed by atoms with E-state index in [-0.39, 0.29) is 0 Å². The molecule has 0 radical (unpaired) electrons. The number of anilines is 1. The maximum absolute atomic E-state index is 6.12. The number of hydrogen-bond acceptors (Lipinski definition) is 3. The Morgan fingerprint density at radius 1 is 1.50 bits per heavy atom. The first-order chi connectivity index (χ1) is 6.77. The van der Waals surface area contributed by atoms with Crippen molar-refractivity contribution in [3.05, 3.63) is 23.0 Å². The van der Waals surface area contributed by atoms with Crippen molar-refractivity contribution in [2.45, 2.75) is 18.8 Å². The molecular formula is C9H9ClN4. The zero-order valence-electron chi connectivity index (χ0n) is 7.44. The van der Waals surface area contributed by atoms with Crippen molar-refractivity contribution in [1.29, 1.82) is 0 Å². The molecule has 14 heavy (non-hydrogen) atoms. The van der Waals surface area contributed by atoms with Crippen LogP contribution in [-0.2, 0) is 0 Å². The molecule has 5 heteroatoms. The molecule has 1 aliphatic carbocycles. The molecule has 0 saturated heterocycles. The Labute approximate surface area is 85.7 Å². The zero-order chi connectivity index (χ0) is 9.71. The van der Waals surface area contributed by atoms with Gasteiger partial charge in [-0.3, -0.25) is 0 Å². The van der Waals surface area contributed by atoms with Gasteiger partial charge in [-0.2, -0.15) is 9.61 Å². The third-order valence-electron chi connectivity index (χ3n) is 2.50. The molecule has 1 fully saturated rings. The Bertz CT molecular complexity index is 501. The Balaban J connectivity index is 2.34. The highest BCUT2D eigenvalue weighted by atomic mass is 35.5. The molecule has 2 aromatic heterocycles. The van der Waals surface area contributed by atoms with E-state index < -0.39 is 0 Å². The summed E-state index contributed by atoms with van der Waals surface area (Å²) in [7, 11) is 0. The second-order valence-electron chi connectivity index (χ2n) is 3.57. The van der Waals surface area contributed by atoms with Crippen LogP contribution in [0.5, 0.6) is 0 Å². The fourth-order valence-electron chi connectivity index (χ4n) is 1.59. The SMILES string of the molecule is Nc1c(Cl)c(C2CC2)nc2ccnn12.